The first-order valence-electron chi connectivity index (χ1n) is 5.88. The predicted molar refractivity (Wildman–Crippen MR) is 67.1 cm³/mol. The topological polar surface area (TPSA) is 44.8 Å². The molecular formula is C14H16O4. The second-order valence-corrected chi connectivity index (χ2v) is 3.92. The van der Waals surface area contributed by atoms with Gasteiger partial charge in [0.05, 0.1) is 25.9 Å². The van der Waals surface area contributed by atoms with Crippen molar-refractivity contribution in [3.8, 4) is 0 Å². The minimum atomic E-state index is -0.321. The zero-order valence-corrected chi connectivity index (χ0v) is 10.3. The largest absolute Gasteiger partial charge is 0.465 e. The minimum Gasteiger partial charge on any atom is -0.465 e. The molecule has 0 bridgehead atoms. The molecule has 1 aliphatic heterocycles. The summed E-state index contributed by atoms with van der Waals surface area (Å²) in [5, 5.41) is 0. The Bertz CT molecular complexity index is 416. The van der Waals surface area contributed by atoms with Crippen LogP contribution in [0, 0.1) is 0 Å². The number of hydrogen-bond acceptors (Lipinski definition) is 4. The molecule has 0 aliphatic carbocycles. The van der Waals surface area contributed by atoms with Gasteiger partial charge in [0, 0.05) is 6.42 Å². The van der Waals surface area contributed by atoms with Gasteiger partial charge < -0.3 is 14.2 Å². The number of hydrogen-bond donors (Lipinski definition) is 0. The van der Waals surface area contributed by atoms with Gasteiger partial charge in [0.2, 0.25) is 0 Å². The molecule has 96 valence electrons. The Labute approximate surface area is 106 Å². The second kappa shape index (κ2) is 6.33. The van der Waals surface area contributed by atoms with Crippen molar-refractivity contribution in [3.05, 3.63) is 41.5 Å². The Morgan fingerprint density at radius 1 is 1.33 bits per heavy atom. The van der Waals surface area contributed by atoms with Crippen LogP contribution in [0.5, 0.6) is 0 Å². The predicted octanol–water partition coefficient (Wildman–Crippen LogP) is 2.25. The maximum atomic E-state index is 11.2. The normalized spacial score (nSPS) is 16.3. The summed E-state index contributed by atoms with van der Waals surface area (Å²) in [4.78, 5) is 11.2. The number of esters is 1. The lowest BCUT2D eigenvalue weighted by atomic mass is 10.1. The maximum Gasteiger partial charge on any atom is 0.337 e. The Morgan fingerprint density at radius 2 is 2.00 bits per heavy atom. The lowest BCUT2D eigenvalue weighted by molar-refractivity contribution is -0.0379. The first-order chi connectivity index (χ1) is 8.79. The summed E-state index contributed by atoms with van der Waals surface area (Å²) in [5.41, 5.74) is 1.58. The van der Waals surface area contributed by atoms with Gasteiger partial charge in [0.1, 0.15) is 0 Å². The monoisotopic (exact) mass is 248 g/mol. The van der Waals surface area contributed by atoms with E-state index in [1.165, 1.54) is 7.11 Å². The summed E-state index contributed by atoms with van der Waals surface area (Å²) in [7, 11) is 1.37. The van der Waals surface area contributed by atoms with Gasteiger partial charge in [-0.05, 0) is 17.7 Å². The number of rotatable bonds is 4. The first-order valence-corrected chi connectivity index (χ1v) is 5.88. The van der Waals surface area contributed by atoms with Crippen molar-refractivity contribution in [2.24, 2.45) is 0 Å². The van der Waals surface area contributed by atoms with Gasteiger partial charge in [0.25, 0.3) is 0 Å². The fourth-order valence-electron chi connectivity index (χ4n) is 1.71. The van der Waals surface area contributed by atoms with Gasteiger partial charge in [0.15, 0.2) is 6.29 Å². The van der Waals surface area contributed by atoms with Gasteiger partial charge in [-0.15, -0.1) is 0 Å². The Morgan fingerprint density at radius 3 is 2.61 bits per heavy atom. The van der Waals surface area contributed by atoms with Crippen LogP contribution in [0.3, 0.4) is 0 Å². The molecule has 0 N–H and O–H groups in total. The summed E-state index contributed by atoms with van der Waals surface area (Å²) < 4.78 is 15.3. The zero-order chi connectivity index (χ0) is 12.8. The van der Waals surface area contributed by atoms with E-state index < -0.39 is 0 Å². The van der Waals surface area contributed by atoms with Gasteiger partial charge >= 0.3 is 5.97 Å². The molecule has 1 fully saturated rings. The maximum absolute atomic E-state index is 11.2. The average Bonchev–Trinajstić information content (AvgIpc) is 2.92. The van der Waals surface area contributed by atoms with Gasteiger partial charge in [-0.25, -0.2) is 4.79 Å². The highest BCUT2D eigenvalue weighted by atomic mass is 16.7. The third-order valence-corrected chi connectivity index (χ3v) is 2.66. The van der Waals surface area contributed by atoms with Crippen molar-refractivity contribution >= 4 is 12.0 Å². The van der Waals surface area contributed by atoms with E-state index in [9.17, 15) is 4.79 Å². The third kappa shape index (κ3) is 3.42. The molecule has 4 nitrogen and oxygen atoms in total. The second-order valence-electron chi connectivity index (χ2n) is 3.92. The summed E-state index contributed by atoms with van der Waals surface area (Å²) in [5.74, 6) is -0.321. The van der Waals surface area contributed by atoms with Crippen molar-refractivity contribution in [1.29, 1.82) is 0 Å². The van der Waals surface area contributed by atoms with E-state index in [4.69, 9.17) is 9.47 Å². The Kier molecular flexibility index (Phi) is 4.50. The minimum absolute atomic E-state index is 0.115. The van der Waals surface area contributed by atoms with Crippen LogP contribution >= 0.6 is 0 Å². The molecule has 0 spiro atoms. The van der Waals surface area contributed by atoms with E-state index in [1.807, 2.05) is 24.3 Å². The van der Waals surface area contributed by atoms with E-state index >= 15 is 0 Å². The van der Waals surface area contributed by atoms with Crippen LogP contribution in [-0.4, -0.2) is 32.6 Å². The van der Waals surface area contributed by atoms with Crippen LogP contribution in [0.2, 0.25) is 0 Å². The molecule has 0 aromatic heterocycles. The fourth-order valence-corrected chi connectivity index (χ4v) is 1.71. The zero-order valence-electron chi connectivity index (χ0n) is 10.3. The number of ether oxygens (including phenoxy) is 3. The van der Waals surface area contributed by atoms with Crippen LogP contribution in [0.4, 0.5) is 0 Å². The number of carbonyl (C=O) groups excluding carboxylic acids is 1. The highest BCUT2D eigenvalue weighted by Gasteiger charge is 2.13. The molecule has 0 unspecified atom stereocenters. The van der Waals surface area contributed by atoms with Crippen molar-refractivity contribution in [2.75, 3.05) is 20.3 Å². The lowest BCUT2D eigenvalue weighted by Crippen LogP contribution is -2.04. The smallest absolute Gasteiger partial charge is 0.337 e. The van der Waals surface area contributed by atoms with E-state index in [-0.39, 0.29) is 12.3 Å². The average molecular weight is 248 g/mol. The lowest BCUT2D eigenvalue weighted by Gasteiger charge is -2.04. The summed E-state index contributed by atoms with van der Waals surface area (Å²) in [6, 6.07) is 7.24. The van der Waals surface area contributed by atoms with Crippen molar-refractivity contribution in [1.82, 2.24) is 0 Å². The summed E-state index contributed by atoms with van der Waals surface area (Å²) >= 11 is 0. The van der Waals surface area contributed by atoms with Crippen LogP contribution in [0.15, 0.2) is 30.3 Å². The molecule has 0 saturated carbocycles. The molecule has 1 heterocycles. The Balaban J connectivity index is 1.89. The van der Waals surface area contributed by atoms with Gasteiger partial charge in [-0.1, -0.05) is 24.3 Å². The standard InChI is InChI=1S/C14H16O4/c1-16-14(15)12-7-5-11(6-8-12)3-2-4-13-17-9-10-18-13/h2-3,5-8,13H,4,9-10H2,1H3. The molecule has 4 heteroatoms. The number of carbonyl (C=O) groups is 1. The summed E-state index contributed by atoms with van der Waals surface area (Å²) in [6.45, 7) is 1.35. The molecule has 0 radical (unpaired) electrons. The van der Waals surface area contributed by atoms with Crippen LogP contribution in [0.25, 0.3) is 6.08 Å². The van der Waals surface area contributed by atoms with E-state index in [0.29, 0.717) is 18.8 Å². The molecule has 1 saturated heterocycles. The van der Waals surface area contributed by atoms with E-state index in [2.05, 4.69) is 4.74 Å². The number of methoxy groups -OCH3 is 1. The first kappa shape index (κ1) is 12.8. The molecule has 18 heavy (non-hydrogen) atoms. The molecule has 0 amide bonds. The fraction of sp³-hybridized carbons (Fsp3) is 0.357. The van der Waals surface area contributed by atoms with Crippen LogP contribution < -0.4 is 0 Å². The summed E-state index contributed by atoms with van der Waals surface area (Å²) in [6.07, 6.45) is 4.60. The molecule has 1 aromatic rings. The van der Waals surface area contributed by atoms with Crippen LogP contribution in [0.1, 0.15) is 22.3 Å². The SMILES string of the molecule is COC(=O)c1ccc(C=CCC2OCCO2)cc1. The van der Waals surface area contributed by atoms with Gasteiger partial charge in [-0.3, -0.25) is 0 Å². The van der Waals surface area contributed by atoms with Crippen molar-refractivity contribution in [2.45, 2.75) is 12.7 Å². The van der Waals surface area contributed by atoms with E-state index in [1.54, 1.807) is 12.1 Å². The molecule has 2 rings (SSSR count). The van der Waals surface area contributed by atoms with Crippen molar-refractivity contribution < 1.29 is 19.0 Å². The van der Waals surface area contributed by atoms with Gasteiger partial charge in [-0.2, -0.15) is 0 Å². The molecular weight excluding hydrogens is 232 g/mol. The highest BCUT2D eigenvalue weighted by Crippen LogP contribution is 2.11. The molecule has 1 aliphatic rings. The Hall–Kier alpha value is -1.65. The molecule has 0 atom stereocenters. The highest BCUT2D eigenvalue weighted by molar-refractivity contribution is 5.89. The van der Waals surface area contributed by atoms with Crippen LogP contribution in [-0.2, 0) is 14.2 Å². The number of benzene rings is 1. The van der Waals surface area contributed by atoms with Crippen molar-refractivity contribution in [3.63, 3.8) is 0 Å². The third-order valence-electron chi connectivity index (χ3n) is 2.66. The quantitative estimate of drug-likeness (QED) is 0.767. The van der Waals surface area contributed by atoms with E-state index in [0.717, 1.165) is 12.0 Å². The molecule has 1 aromatic carbocycles.